The van der Waals surface area contributed by atoms with Gasteiger partial charge in [-0.05, 0) is 42.3 Å². The fourth-order valence-corrected chi connectivity index (χ4v) is 5.29. The first-order valence-electron chi connectivity index (χ1n) is 12.7. The van der Waals surface area contributed by atoms with Gasteiger partial charge in [-0.1, -0.05) is 47.8 Å². The lowest BCUT2D eigenvalue weighted by atomic mass is 9.98. The number of rotatable bonds is 9. The molecule has 0 radical (unpaired) electrons. The highest BCUT2D eigenvalue weighted by molar-refractivity contribution is 9.10. The Morgan fingerprint density at radius 1 is 1.03 bits per heavy atom. The third kappa shape index (κ3) is 5.08. The van der Waals surface area contributed by atoms with E-state index in [4.69, 9.17) is 13.9 Å². The van der Waals surface area contributed by atoms with Crippen molar-refractivity contribution in [3.05, 3.63) is 74.0 Å². The average molecular weight is 555 g/mol. The first kappa shape index (κ1) is 25.0. The highest BCUT2D eigenvalue weighted by Crippen LogP contribution is 2.38. The number of amides is 1. The summed E-state index contributed by atoms with van der Waals surface area (Å²) in [5.41, 5.74) is 1.52. The Morgan fingerprint density at radius 3 is 2.56 bits per heavy atom. The first-order valence-corrected chi connectivity index (χ1v) is 13.5. The maximum Gasteiger partial charge on any atom is 0.290 e. The minimum Gasteiger partial charge on any atom is -0.494 e. The monoisotopic (exact) mass is 554 g/mol. The number of unbranched alkanes of at least 4 members (excludes halogenated alkanes) is 2. The zero-order valence-electron chi connectivity index (χ0n) is 20.5. The van der Waals surface area contributed by atoms with Crippen molar-refractivity contribution < 1.29 is 18.7 Å². The van der Waals surface area contributed by atoms with E-state index in [1.54, 1.807) is 17.0 Å². The van der Waals surface area contributed by atoms with E-state index in [0.717, 1.165) is 48.1 Å². The molecule has 1 amide bonds. The predicted molar refractivity (Wildman–Crippen MR) is 142 cm³/mol. The van der Waals surface area contributed by atoms with Crippen molar-refractivity contribution >= 4 is 32.8 Å². The van der Waals surface area contributed by atoms with Gasteiger partial charge >= 0.3 is 0 Å². The summed E-state index contributed by atoms with van der Waals surface area (Å²) < 4.78 is 18.2. The summed E-state index contributed by atoms with van der Waals surface area (Å²) in [6, 6.07) is 12.5. The van der Waals surface area contributed by atoms with Crippen LogP contribution in [0.3, 0.4) is 0 Å². The smallest absolute Gasteiger partial charge is 0.290 e. The minimum absolute atomic E-state index is 0.140. The molecule has 1 atom stereocenters. The summed E-state index contributed by atoms with van der Waals surface area (Å²) in [5.74, 6) is 0.681. The van der Waals surface area contributed by atoms with E-state index < -0.39 is 6.04 Å². The Morgan fingerprint density at radius 2 is 1.81 bits per heavy atom. The fraction of sp³-hybridized carbons (Fsp3) is 0.429. The molecule has 1 saturated heterocycles. The van der Waals surface area contributed by atoms with Gasteiger partial charge < -0.3 is 18.8 Å². The second-order valence-corrected chi connectivity index (χ2v) is 10.2. The van der Waals surface area contributed by atoms with Crippen LogP contribution in [0.2, 0.25) is 0 Å². The van der Waals surface area contributed by atoms with Crippen LogP contribution < -0.4 is 10.2 Å². The fourth-order valence-electron chi connectivity index (χ4n) is 4.93. The number of halogens is 1. The van der Waals surface area contributed by atoms with Gasteiger partial charge in [-0.25, -0.2) is 0 Å². The minimum atomic E-state index is -0.512. The summed E-state index contributed by atoms with van der Waals surface area (Å²) in [7, 11) is 0. The van der Waals surface area contributed by atoms with Gasteiger partial charge in [0.1, 0.15) is 11.3 Å². The predicted octanol–water partition coefficient (Wildman–Crippen LogP) is 5.00. The normalized spacial score (nSPS) is 18.1. The summed E-state index contributed by atoms with van der Waals surface area (Å²) >= 11 is 3.45. The Bertz CT molecular complexity index is 1280. The molecule has 1 fully saturated rings. The number of carbonyl (C=O) groups excluding carboxylic acids is 1. The zero-order valence-corrected chi connectivity index (χ0v) is 22.1. The van der Waals surface area contributed by atoms with Crippen LogP contribution in [0.4, 0.5) is 0 Å². The molecule has 0 saturated carbocycles. The number of nitrogens with zero attached hydrogens (tertiary/aromatic N) is 2. The van der Waals surface area contributed by atoms with Crippen molar-refractivity contribution in [2.24, 2.45) is 0 Å². The highest BCUT2D eigenvalue weighted by atomic mass is 79.9. The maximum absolute atomic E-state index is 13.7. The van der Waals surface area contributed by atoms with Gasteiger partial charge in [-0.15, -0.1) is 0 Å². The van der Waals surface area contributed by atoms with E-state index in [9.17, 15) is 9.59 Å². The van der Waals surface area contributed by atoms with Crippen molar-refractivity contribution in [1.29, 1.82) is 0 Å². The molecule has 8 heteroatoms. The standard InChI is InChI=1S/C28H31BrN2O5/c1-2-3-4-15-35-21-8-5-19(6-9-21)25-24-26(32)22-18-20(29)7-10-23(22)36-27(24)28(33)31(25)12-11-30-13-16-34-17-14-30/h5-10,18,25H,2-4,11-17H2,1H3. The Labute approximate surface area is 219 Å². The van der Waals surface area contributed by atoms with Gasteiger partial charge in [-0.2, -0.15) is 0 Å². The first-order chi connectivity index (χ1) is 17.6. The van der Waals surface area contributed by atoms with E-state index in [-0.39, 0.29) is 17.1 Å². The molecule has 2 aliphatic heterocycles. The second kappa shape index (κ2) is 11.2. The van der Waals surface area contributed by atoms with Gasteiger partial charge in [0.15, 0.2) is 5.43 Å². The van der Waals surface area contributed by atoms with Crippen LogP contribution >= 0.6 is 15.9 Å². The molecule has 0 bridgehead atoms. The van der Waals surface area contributed by atoms with Crippen LogP contribution in [-0.2, 0) is 4.74 Å². The summed E-state index contributed by atoms with van der Waals surface area (Å²) in [5, 5.41) is 0.465. The summed E-state index contributed by atoms with van der Waals surface area (Å²) in [4.78, 5) is 31.4. The Kier molecular flexibility index (Phi) is 7.74. The van der Waals surface area contributed by atoms with E-state index in [1.807, 2.05) is 30.3 Å². The second-order valence-electron chi connectivity index (χ2n) is 9.29. The quantitative estimate of drug-likeness (QED) is 0.346. The van der Waals surface area contributed by atoms with Gasteiger partial charge in [0.2, 0.25) is 5.76 Å². The highest BCUT2D eigenvalue weighted by Gasteiger charge is 2.42. The van der Waals surface area contributed by atoms with Crippen molar-refractivity contribution in [2.75, 3.05) is 46.0 Å². The molecule has 3 heterocycles. The average Bonchev–Trinajstić information content (AvgIpc) is 3.18. The number of fused-ring (bicyclic) bond motifs is 2. The summed E-state index contributed by atoms with van der Waals surface area (Å²) in [6.45, 7) is 7.08. The van der Waals surface area contributed by atoms with Crippen LogP contribution in [-0.4, -0.2) is 61.7 Å². The topological polar surface area (TPSA) is 72.2 Å². The van der Waals surface area contributed by atoms with E-state index in [1.165, 1.54) is 0 Å². The molecular weight excluding hydrogens is 524 g/mol. The third-order valence-electron chi connectivity index (χ3n) is 6.90. The molecule has 2 aliphatic rings. The molecule has 1 unspecified atom stereocenters. The van der Waals surface area contributed by atoms with Crippen LogP contribution in [0.5, 0.6) is 5.75 Å². The van der Waals surface area contributed by atoms with Crippen LogP contribution in [0, 0.1) is 0 Å². The zero-order chi connectivity index (χ0) is 25.1. The lowest BCUT2D eigenvalue weighted by molar-refractivity contribution is 0.0314. The number of benzene rings is 2. The van der Waals surface area contributed by atoms with Gasteiger partial charge in [0, 0.05) is 30.7 Å². The summed E-state index contributed by atoms with van der Waals surface area (Å²) in [6.07, 6.45) is 3.30. The molecule has 2 aromatic carbocycles. The third-order valence-corrected chi connectivity index (χ3v) is 7.39. The number of carbonyl (C=O) groups is 1. The van der Waals surface area contributed by atoms with Crippen molar-refractivity contribution in [1.82, 2.24) is 9.80 Å². The molecule has 1 aromatic heterocycles. The largest absolute Gasteiger partial charge is 0.494 e. The molecule has 36 heavy (non-hydrogen) atoms. The molecule has 190 valence electrons. The number of hydrogen-bond acceptors (Lipinski definition) is 6. The van der Waals surface area contributed by atoms with Crippen LogP contribution in [0.1, 0.15) is 53.9 Å². The number of hydrogen-bond donors (Lipinski definition) is 0. The molecule has 5 rings (SSSR count). The van der Waals surface area contributed by atoms with Crippen LogP contribution in [0.25, 0.3) is 11.0 Å². The van der Waals surface area contributed by atoms with E-state index in [2.05, 4.69) is 27.8 Å². The molecule has 7 nitrogen and oxygen atoms in total. The lowest BCUT2D eigenvalue weighted by Crippen LogP contribution is -2.42. The SMILES string of the molecule is CCCCCOc1ccc(C2c3c(oc4ccc(Br)cc4c3=O)C(=O)N2CCN2CCOCC2)cc1. The molecular formula is C28H31BrN2O5. The van der Waals surface area contributed by atoms with Crippen molar-refractivity contribution in [3.8, 4) is 5.75 Å². The lowest BCUT2D eigenvalue weighted by Gasteiger charge is -2.31. The van der Waals surface area contributed by atoms with Gasteiger partial charge in [-0.3, -0.25) is 14.5 Å². The van der Waals surface area contributed by atoms with E-state index in [0.29, 0.717) is 49.4 Å². The Balaban J connectivity index is 1.49. The molecule has 3 aromatic rings. The van der Waals surface area contributed by atoms with Crippen LogP contribution in [0.15, 0.2) is 56.1 Å². The number of ether oxygens (including phenoxy) is 2. The van der Waals surface area contributed by atoms with Gasteiger partial charge in [0.05, 0.1) is 36.8 Å². The maximum atomic E-state index is 13.7. The molecule has 0 spiro atoms. The molecule has 0 aliphatic carbocycles. The number of morpholine rings is 1. The molecule has 0 N–H and O–H groups in total. The van der Waals surface area contributed by atoms with E-state index >= 15 is 0 Å². The van der Waals surface area contributed by atoms with Gasteiger partial charge in [0.25, 0.3) is 5.91 Å². The van der Waals surface area contributed by atoms with Crippen molar-refractivity contribution in [2.45, 2.75) is 32.2 Å². The Hall–Kier alpha value is -2.68. The van der Waals surface area contributed by atoms with Crippen molar-refractivity contribution in [3.63, 3.8) is 0 Å².